The van der Waals surface area contributed by atoms with Crippen LogP contribution >= 0.6 is 27.5 Å². The zero-order valence-corrected chi connectivity index (χ0v) is 19.9. The number of nitro groups is 1. The SMILES string of the molecule is Cc1ccc(N2C(=O)C(N3C(=O)c4cccc([N+](=O)[O-])c4C3=O)C2c2cccc(Br)c2)cc1Cl. The summed E-state index contributed by atoms with van der Waals surface area (Å²) in [6.07, 6.45) is 0. The average molecular weight is 541 g/mol. The van der Waals surface area contributed by atoms with Crippen molar-refractivity contribution in [2.45, 2.75) is 19.0 Å². The molecule has 8 nitrogen and oxygen atoms in total. The topological polar surface area (TPSA) is 101 Å². The standard InChI is InChI=1S/C24H15BrClN3O5/c1-12-8-9-15(11-17(12)26)27-20(13-4-2-5-14(25)10-13)21(24(27)32)28-22(30)16-6-3-7-18(29(33)34)19(16)23(28)31/h2-11,20-21H,1H3. The molecular formula is C24H15BrClN3O5. The van der Waals surface area contributed by atoms with E-state index in [4.69, 9.17) is 11.6 Å². The van der Waals surface area contributed by atoms with Crippen molar-refractivity contribution in [3.8, 4) is 0 Å². The molecule has 2 heterocycles. The number of fused-ring (bicyclic) bond motifs is 1. The molecule has 0 N–H and O–H groups in total. The third-order valence-corrected chi connectivity index (χ3v) is 6.99. The van der Waals surface area contributed by atoms with E-state index in [0.717, 1.165) is 14.9 Å². The third-order valence-electron chi connectivity index (χ3n) is 6.09. The molecule has 2 aliphatic rings. The molecule has 10 heteroatoms. The van der Waals surface area contributed by atoms with Crippen molar-refractivity contribution in [3.05, 3.63) is 103 Å². The van der Waals surface area contributed by atoms with Crippen molar-refractivity contribution in [1.29, 1.82) is 0 Å². The summed E-state index contributed by atoms with van der Waals surface area (Å²) in [7, 11) is 0. The van der Waals surface area contributed by atoms with Gasteiger partial charge in [0.15, 0.2) is 0 Å². The fourth-order valence-electron chi connectivity index (χ4n) is 4.46. The van der Waals surface area contributed by atoms with Gasteiger partial charge in [0.05, 0.1) is 16.5 Å². The molecule has 3 aromatic carbocycles. The van der Waals surface area contributed by atoms with E-state index in [1.807, 2.05) is 13.0 Å². The van der Waals surface area contributed by atoms with Gasteiger partial charge in [0, 0.05) is 21.2 Å². The van der Waals surface area contributed by atoms with Crippen LogP contribution < -0.4 is 4.90 Å². The molecule has 34 heavy (non-hydrogen) atoms. The minimum Gasteiger partial charge on any atom is -0.300 e. The molecule has 0 bridgehead atoms. The number of amides is 3. The molecule has 0 aromatic heterocycles. The highest BCUT2D eigenvalue weighted by molar-refractivity contribution is 9.10. The van der Waals surface area contributed by atoms with Crippen LogP contribution in [0.4, 0.5) is 11.4 Å². The van der Waals surface area contributed by atoms with Gasteiger partial charge < -0.3 is 4.90 Å². The van der Waals surface area contributed by atoms with Gasteiger partial charge in [-0.1, -0.05) is 51.8 Å². The van der Waals surface area contributed by atoms with E-state index in [1.165, 1.54) is 23.1 Å². The number of anilines is 1. The monoisotopic (exact) mass is 539 g/mol. The van der Waals surface area contributed by atoms with E-state index in [1.54, 1.807) is 36.4 Å². The van der Waals surface area contributed by atoms with E-state index in [0.29, 0.717) is 16.3 Å². The highest BCUT2D eigenvalue weighted by Gasteiger charge is 2.58. The Bertz CT molecular complexity index is 1430. The Hall–Kier alpha value is -3.56. The maximum Gasteiger partial charge on any atom is 0.282 e. The highest BCUT2D eigenvalue weighted by atomic mass is 79.9. The Labute approximate surface area is 207 Å². The quantitative estimate of drug-likeness (QED) is 0.199. The van der Waals surface area contributed by atoms with Gasteiger partial charge in [0.25, 0.3) is 23.4 Å². The minimum atomic E-state index is -1.17. The maximum absolute atomic E-state index is 13.5. The third kappa shape index (κ3) is 3.23. The van der Waals surface area contributed by atoms with Crippen molar-refractivity contribution in [1.82, 2.24) is 4.90 Å². The minimum absolute atomic E-state index is 0.0863. The van der Waals surface area contributed by atoms with E-state index in [2.05, 4.69) is 15.9 Å². The summed E-state index contributed by atoms with van der Waals surface area (Å²) >= 11 is 9.72. The molecule has 3 aromatic rings. The van der Waals surface area contributed by atoms with Gasteiger partial charge in [-0.15, -0.1) is 0 Å². The first-order valence-electron chi connectivity index (χ1n) is 10.2. The Kier molecular flexibility index (Phi) is 5.26. The summed E-state index contributed by atoms with van der Waals surface area (Å²) in [6.45, 7) is 1.84. The fourth-order valence-corrected chi connectivity index (χ4v) is 5.05. The first kappa shape index (κ1) is 22.2. The summed E-state index contributed by atoms with van der Waals surface area (Å²) in [5.41, 5.74) is 1.19. The Morgan fingerprint density at radius 3 is 2.35 bits per heavy atom. The molecule has 1 saturated heterocycles. The lowest BCUT2D eigenvalue weighted by molar-refractivity contribution is -0.385. The van der Waals surface area contributed by atoms with E-state index >= 15 is 0 Å². The molecule has 3 amide bonds. The zero-order valence-electron chi connectivity index (χ0n) is 17.6. The number of nitrogens with zero attached hydrogens (tertiary/aromatic N) is 3. The van der Waals surface area contributed by atoms with E-state index < -0.39 is 40.4 Å². The largest absolute Gasteiger partial charge is 0.300 e. The van der Waals surface area contributed by atoms with Crippen LogP contribution in [0.25, 0.3) is 0 Å². The van der Waals surface area contributed by atoms with Crippen LogP contribution in [0.15, 0.2) is 65.1 Å². The van der Waals surface area contributed by atoms with Gasteiger partial charge in [0.2, 0.25) is 0 Å². The molecule has 0 aliphatic carbocycles. The van der Waals surface area contributed by atoms with Gasteiger partial charge in [-0.05, 0) is 48.4 Å². The van der Waals surface area contributed by atoms with Gasteiger partial charge >= 0.3 is 0 Å². The summed E-state index contributed by atoms with van der Waals surface area (Å²) in [5, 5.41) is 12.0. The summed E-state index contributed by atoms with van der Waals surface area (Å²) in [4.78, 5) is 53.1. The predicted octanol–water partition coefficient (Wildman–Crippen LogP) is 5.07. The lowest BCUT2D eigenvalue weighted by atomic mass is 9.86. The molecule has 0 saturated carbocycles. The Balaban J connectivity index is 1.62. The van der Waals surface area contributed by atoms with Crippen molar-refractivity contribution >= 4 is 56.6 Å². The highest BCUT2D eigenvalue weighted by Crippen LogP contribution is 2.46. The molecule has 0 radical (unpaired) electrons. The van der Waals surface area contributed by atoms with Crippen LogP contribution in [-0.4, -0.2) is 33.6 Å². The van der Waals surface area contributed by atoms with Crippen molar-refractivity contribution in [2.75, 3.05) is 4.90 Å². The second-order valence-corrected chi connectivity index (χ2v) is 9.35. The molecule has 170 valence electrons. The van der Waals surface area contributed by atoms with Crippen molar-refractivity contribution < 1.29 is 19.3 Å². The molecule has 2 atom stereocenters. The number of aryl methyl sites for hydroxylation is 1. The summed E-state index contributed by atoms with van der Waals surface area (Å²) < 4.78 is 0.753. The molecule has 1 fully saturated rings. The van der Waals surface area contributed by atoms with Crippen LogP contribution in [0, 0.1) is 17.0 Å². The number of rotatable bonds is 4. The van der Waals surface area contributed by atoms with E-state index in [-0.39, 0.29) is 11.1 Å². The number of imide groups is 1. The number of benzene rings is 3. The van der Waals surface area contributed by atoms with Crippen molar-refractivity contribution in [2.24, 2.45) is 0 Å². The van der Waals surface area contributed by atoms with Gasteiger partial charge in [-0.2, -0.15) is 0 Å². The Morgan fingerprint density at radius 1 is 0.941 bits per heavy atom. The molecule has 2 aliphatic heterocycles. The molecular weight excluding hydrogens is 526 g/mol. The smallest absolute Gasteiger partial charge is 0.282 e. The number of carbonyl (C=O) groups excluding carboxylic acids is 3. The summed E-state index contributed by atoms with van der Waals surface area (Å²) in [5.74, 6) is -2.07. The number of halogens is 2. The fraction of sp³-hybridized carbons (Fsp3) is 0.125. The number of hydrogen-bond acceptors (Lipinski definition) is 5. The van der Waals surface area contributed by atoms with Gasteiger partial charge in [-0.25, -0.2) is 0 Å². The second kappa shape index (κ2) is 8.03. The molecule has 2 unspecified atom stereocenters. The van der Waals surface area contributed by atoms with E-state index in [9.17, 15) is 24.5 Å². The van der Waals surface area contributed by atoms with Crippen LogP contribution in [0.5, 0.6) is 0 Å². The second-order valence-electron chi connectivity index (χ2n) is 8.02. The molecule has 0 spiro atoms. The first-order chi connectivity index (χ1) is 16.2. The lowest BCUT2D eigenvalue weighted by Gasteiger charge is -2.49. The zero-order chi connectivity index (χ0) is 24.3. The predicted molar refractivity (Wildman–Crippen MR) is 128 cm³/mol. The maximum atomic E-state index is 13.5. The number of β-lactam (4-membered cyclic amide) rings is 1. The normalized spacial score (nSPS) is 19.3. The summed E-state index contributed by atoms with van der Waals surface area (Å²) in [6, 6.07) is 14.4. The number of hydrogen-bond donors (Lipinski definition) is 0. The Morgan fingerprint density at radius 2 is 1.68 bits per heavy atom. The van der Waals surface area contributed by atoms with Crippen LogP contribution in [0.2, 0.25) is 5.02 Å². The van der Waals surface area contributed by atoms with Crippen LogP contribution in [0.3, 0.4) is 0 Å². The average Bonchev–Trinajstić information content (AvgIpc) is 3.05. The lowest BCUT2D eigenvalue weighted by Crippen LogP contribution is -2.67. The van der Waals surface area contributed by atoms with Gasteiger partial charge in [-0.3, -0.25) is 29.4 Å². The first-order valence-corrected chi connectivity index (χ1v) is 11.4. The van der Waals surface area contributed by atoms with Crippen molar-refractivity contribution in [3.63, 3.8) is 0 Å². The molecule has 5 rings (SSSR count). The van der Waals surface area contributed by atoms with Gasteiger partial charge in [0.1, 0.15) is 11.6 Å². The van der Waals surface area contributed by atoms with Crippen LogP contribution in [-0.2, 0) is 4.79 Å². The number of nitro benzene ring substituents is 1. The van der Waals surface area contributed by atoms with Crippen LogP contribution in [0.1, 0.15) is 37.9 Å². The number of carbonyl (C=O) groups is 3.